The average Bonchev–Trinajstić information content (AvgIpc) is 3.44. The molecule has 3 aliphatic rings. The van der Waals surface area contributed by atoms with E-state index in [-0.39, 0.29) is 17.9 Å². The molecule has 1 N–H and O–H groups in total. The standard InChI is InChI=1S/C21H19ClN2O4/c22-15-6-2-1-4-13(15)10-23-19(25)17-16-7-8-21(28-16)12-24(20(26)18(17)21)11-14-5-3-9-27-14/h1-9,16-18H,10-12H2,(H,23,25)/t16-,17?,18?,21-/m1/s1. The van der Waals surface area contributed by atoms with Gasteiger partial charge in [-0.15, -0.1) is 0 Å². The van der Waals surface area contributed by atoms with Crippen LogP contribution >= 0.6 is 11.6 Å². The van der Waals surface area contributed by atoms with E-state index in [1.807, 2.05) is 36.4 Å². The molecule has 144 valence electrons. The molecule has 4 atom stereocenters. The van der Waals surface area contributed by atoms with E-state index in [4.69, 9.17) is 20.8 Å². The highest BCUT2D eigenvalue weighted by molar-refractivity contribution is 6.31. The number of likely N-dealkylation sites (tertiary alicyclic amines) is 1. The third kappa shape index (κ3) is 2.67. The smallest absolute Gasteiger partial charge is 0.230 e. The second kappa shape index (κ2) is 6.50. The SMILES string of the molecule is O=C(NCc1ccccc1Cl)C1C2C(=O)N(Cc3ccco3)C[C@]23C=C[C@H]1O3. The van der Waals surface area contributed by atoms with Gasteiger partial charge in [0.05, 0.1) is 37.3 Å². The van der Waals surface area contributed by atoms with E-state index >= 15 is 0 Å². The monoisotopic (exact) mass is 398 g/mol. The van der Waals surface area contributed by atoms with E-state index in [2.05, 4.69) is 5.32 Å². The first kappa shape index (κ1) is 17.5. The topological polar surface area (TPSA) is 71.8 Å². The predicted octanol–water partition coefficient (Wildman–Crippen LogP) is 2.53. The average molecular weight is 399 g/mol. The van der Waals surface area contributed by atoms with Crippen molar-refractivity contribution in [3.8, 4) is 0 Å². The van der Waals surface area contributed by atoms with Crippen LogP contribution in [0.5, 0.6) is 0 Å². The molecule has 2 aromatic rings. The fraction of sp³-hybridized carbons (Fsp3) is 0.333. The van der Waals surface area contributed by atoms with Crippen LogP contribution < -0.4 is 5.32 Å². The van der Waals surface area contributed by atoms with Crippen molar-refractivity contribution in [2.45, 2.75) is 24.8 Å². The molecule has 2 unspecified atom stereocenters. The van der Waals surface area contributed by atoms with Crippen molar-refractivity contribution in [3.05, 3.63) is 71.2 Å². The second-order valence-electron chi connectivity index (χ2n) is 7.48. The van der Waals surface area contributed by atoms with Crippen LogP contribution in [0.3, 0.4) is 0 Å². The van der Waals surface area contributed by atoms with Gasteiger partial charge in [-0.2, -0.15) is 0 Å². The van der Waals surface area contributed by atoms with Gasteiger partial charge in [0, 0.05) is 11.6 Å². The van der Waals surface area contributed by atoms with Gasteiger partial charge in [0.2, 0.25) is 11.8 Å². The molecule has 2 saturated heterocycles. The van der Waals surface area contributed by atoms with Crippen LogP contribution in [0, 0.1) is 11.8 Å². The molecule has 0 saturated carbocycles. The van der Waals surface area contributed by atoms with Gasteiger partial charge in [0.25, 0.3) is 0 Å². The van der Waals surface area contributed by atoms with Gasteiger partial charge in [-0.05, 0) is 23.8 Å². The number of carbonyl (C=O) groups is 2. The summed E-state index contributed by atoms with van der Waals surface area (Å²) in [5, 5.41) is 3.53. The van der Waals surface area contributed by atoms with Crippen molar-refractivity contribution in [2.75, 3.05) is 6.54 Å². The first-order chi connectivity index (χ1) is 13.6. The first-order valence-corrected chi connectivity index (χ1v) is 9.65. The Kier molecular flexibility index (Phi) is 4.07. The highest BCUT2D eigenvalue weighted by Crippen LogP contribution is 2.52. The van der Waals surface area contributed by atoms with Gasteiger partial charge >= 0.3 is 0 Å². The second-order valence-corrected chi connectivity index (χ2v) is 7.89. The highest BCUT2D eigenvalue weighted by atomic mass is 35.5. The van der Waals surface area contributed by atoms with Crippen LogP contribution in [-0.2, 0) is 27.4 Å². The van der Waals surface area contributed by atoms with Gasteiger partial charge in [-0.1, -0.05) is 42.0 Å². The summed E-state index contributed by atoms with van der Waals surface area (Å²) in [6.45, 7) is 1.12. The number of ether oxygens (including phenoxy) is 1. The number of amides is 2. The van der Waals surface area contributed by atoms with E-state index in [0.29, 0.717) is 30.4 Å². The number of rotatable bonds is 5. The number of halogens is 1. The van der Waals surface area contributed by atoms with Crippen molar-refractivity contribution < 1.29 is 18.7 Å². The van der Waals surface area contributed by atoms with Crippen LogP contribution in [0.25, 0.3) is 0 Å². The van der Waals surface area contributed by atoms with Crippen LogP contribution in [0.1, 0.15) is 11.3 Å². The summed E-state index contributed by atoms with van der Waals surface area (Å²) in [5.74, 6) is -0.594. The Hall–Kier alpha value is -2.57. The third-order valence-corrected chi connectivity index (χ3v) is 6.19. The van der Waals surface area contributed by atoms with Crippen molar-refractivity contribution in [3.63, 3.8) is 0 Å². The number of fused-ring (bicyclic) bond motifs is 1. The molecule has 0 aliphatic carbocycles. The lowest BCUT2D eigenvalue weighted by atomic mass is 9.77. The molecule has 0 radical (unpaired) electrons. The van der Waals surface area contributed by atoms with Gasteiger partial charge in [0.15, 0.2) is 0 Å². The summed E-state index contributed by atoms with van der Waals surface area (Å²) in [6.07, 6.45) is 5.06. The molecule has 1 spiro atoms. The van der Waals surface area contributed by atoms with Crippen LogP contribution in [0.15, 0.2) is 59.2 Å². The molecule has 28 heavy (non-hydrogen) atoms. The van der Waals surface area contributed by atoms with E-state index in [9.17, 15) is 9.59 Å². The van der Waals surface area contributed by atoms with Crippen LogP contribution in [-0.4, -0.2) is 35.0 Å². The lowest BCUT2D eigenvalue weighted by Gasteiger charge is -2.23. The Morgan fingerprint density at radius 1 is 1.29 bits per heavy atom. The Morgan fingerprint density at radius 2 is 2.14 bits per heavy atom. The summed E-state index contributed by atoms with van der Waals surface area (Å²) in [4.78, 5) is 27.8. The predicted molar refractivity (Wildman–Crippen MR) is 101 cm³/mol. The quantitative estimate of drug-likeness (QED) is 0.785. The molecule has 2 amide bonds. The summed E-state index contributed by atoms with van der Waals surface area (Å²) in [6, 6.07) is 11.0. The van der Waals surface area contributed by atoms with Gasteiger partial charge in [0.1, 0.15) is 11.4 Å². The summed E-state index contributed by atoms with van der Waals surface area (Å²) in [7, 11) is 0. The minimum absolute atomic E-state index is 0.0684. The maximum Gasteiger partial charge on any atom is 0.230 e. The van der Waals surface area contributed by atoms with E-state index in [0.717, 1.165) is 5.56 Å². The molecule has 5 rings (SSSR count). The molecule has 4 heterocycles. The lowest BCUT2D eigenvalue weighted by Crippen LogP contribution is -2.43. The zero-order valence-corrected chi connectivity index (χ0v) is 15.8. The van der Waals surface area contributed by atoms with Crippen LogP contribution in [0.2, 0.25) is 5.02 Å². The molecule has 1 aromatic carbocycles. The maximum atomic E-state index is 13.1. The van der Waals surface area contributed by atoms with Crippen molar-refractivity contribution in [2.24, 2.45) is 11.8 Å². The zero-order valence-electron chi connectivity index (χ0n) is 15.0. The van der Waals surface area contributed by atoms with E-state index in [1.165, 1.54) is 0 Å². The van der Waals surface area contributed by atoms with E-state index < -0.39 is 17.4 Å². The summed E-state index contributed by atoms with van der Waals surface area (Å²) < 4.78 is 11.5. The molecule has 1 aromatic heterocycles. The normalized spacial score (nSPS) is 30.1. The molecular weight excluding hydrogens is 380 g/mol. The van der Waals surface area contributed by atoms with Crippen molar-refractivity contribution in [1.29, 1.82) is 0 Å². The largest absolute Gasteiger partial charge is 0.467 e. The first-order valence-electron chi connectivity index (χ1n) is 9.27. The lowest BCUT2D eigenvalue weighted by molar-refractivity contribution is -0.138. The number of benzene rings is 1. The molecule has 2 fully saturated rings. The van der Waals surface area contributed by atoms with Gasteiger partial charge in [-0.25, -0.2) is 0 Å². The third-order valence-electron chi connectivity index (χ3n) is 5.82. The molecule has 6 nitrogen and oxygen atoms in total. The Balaban J connectivity index is 1.33. The highest BCUT2D eigenvalue weighted by Gasteiger charge is 2.66. The minimum Gasteiger partial charge on any atom is -0.467 e. The van der Waals surface area contributed by atoms with Crippen LogP contribution in [0.4, 0.5) is 0 Å². The number of nitrogens with zero attached hydrogens (tertiary/aromatic N) is 1. The number of furan rings is 1. The summed E-state index contributed by atoms with van der Waals surface area (Å²) in [5.41, 5.74) is 0.116. The Bertz CT molecular complexity index is 957. The van der Waals surface area contributed by atoms with Gasteiger partial charge in [-0.3, -0.25) is 9.59 Å². The molecule has 2 bridgehead atoms. The van der Waals surface area contributed by atoms with Crippen molar-refractivity contribution >= 4 is 23.4 Å². The molecule has 3 aliphatic heterocycles. The number of hydrogen-bond acceptors (Lipinski definition) is 4. The zero-order chi connectivity index (χ0) is 19.3. The fourth-order valence-electron chi connectivity index (χ4n) is 4.54. The minimum atomic E-state index is -0.721. The molecular formula is C21H19ClN2O4. The maximum absolute atomic E-state index is 13.1. The number of hydrogen-bond donors (Lipinski definition) is 1. The molecule has 7 heteroatoms. The fourth-order valence-corrected chi connectivity index (χ4v) is 4.75. The van der Waals surface area contributed by atoms with Crippen molar-refractivity contribution in [1.82, 2.24) is 10.2 Å². The van der Waals surface area contributed by atoms with E-state index in [1.54, 1.807) is 23.3 Å². The number of carbonyl (C=O) groups excluding carboxylic acids is 2. The van der Waals surface area contributed by atoms with Gasteiger partial charge < -0.3 is 19.4 Å². The Morgan fingerprint density at radius 3 is 2.93 bits per heavy atom. The number of nitrogens with one attached hydrogen (secondary N) is 1. The Labute approximate surface area is 167 Å². The summed E-state index contributed by atoms with van der Waals surface area (Å²) >= 11 is 6.17.